The molecule has 39 heavy (non-hydrogen) atoms. The molecule has 210 valence electrons. The lowest BCUT2D eigenvalue weighted by atomic mass is 9.55. The number of aromatic hydroxyl groups is 1. The van der Waals surface area contributed by atoms with Gasteiger partial charge in [-0.15, -0.1) is 0 Å². The van der Waals surface area contributed by atoms with Gasteiger partial charge in [-0.05, 0) is 51.5 Å². The van der Waals surface area contributed by atoms with E-state index in [1.165, 1.54) is 19.0 Å². The number of fused-ring (bicyclic) bond motifs is 3. The second kappa shape index (κ2) is 9.44. The largest absolute Gasteiger partial charge is 0.510 e. The molecule has 7 N–H and O–H groups in total. The number of aliphatic hydroxyl groups is 4. The van der Waals surface area contributed by atoms with Crippen molar-refractivity contribution in [2.24, 2.45) is 17.6 Å². The molecule has 11 heteroatoms. The minimum atomic E-state index is -2.91. The Morgan fingerprint density at radius 3 is 2.36 bits per heavy atom. The summed E-state index contributed by atoms with van der Waals surface area (Å²) in [7, 11) is 3.01. The van der Waals surface area contributed by atoms with E-state index < -0.39 is 75.6 Å². The number of carbonyl (C=O) groups excluding carboxylic acids is 3. The molecule has 0 spiro atoms. The third-order valence-corrected chi connectivity index (χ3v) is 9.06. The predicted octanol–water partition coefficient (Wildman–Crippen LogP) is 0.638. The Bertz CT molecular complexity index is 1330. The third kappa shape index (κ3) is 3.75. The molecule has 1 heterocycles. The molecule has 11 nitrogen and oxygen atoms in total. The van der Waals surface area contributed by atoms with Crippen LogP contribution in [-0.4, -0.2) is 97.7 Å². The monoisotopic (exact) mass is 541 g/mol. The highest BCUT2D eigenvalue weighted by Crippen LogP contribution is 2.55. The van der Waals surface area contributed by atoms with E-state index in [4.69, 9.17) is 5.73 Å². The number of ketones is 2. The van der Waals surface area contributed by atoms with Gasteiger partial charge in [-0.3, -0.25) is 24.2 Å². The molecule has 0 aromatic heterocycles. The second-order valence-corrected chi connectivity index (χ2v) is 11.4. The molecule has 1 amide bonds. The quantitative estimate of drug-likeness (QED) is 0.296. The number of rotatable bonds is 4. The van der Waals surface area contributed by atoms with Crippen LogP contribution in [0.1, 0.15) is 53.6 Å². The molecule has 3 aliphatic carbocycles. The molecule has 6 atom stereocenters. The first-order valence-electron chi connectivity index (χ1n) is 13.2. The molecule has 5 rings (SSSR count). The van der Waals surface area contributed by atoms with Gasteiger partial charge in [0.1, 0.15) is 22.8 Å². The number of Topliss-reactive ketones (excluding diaryl/α,β-unsaturated/α-hetero) is 2. The molecule has 4 aliphatic rings. The third-order valence-electron chi connectivity index (χ3n) is 9.06. The van der Waals surface area contributed by atoms with Gasteiger partial charge in [0.15, 0.2) is 11.4 Å². The van der Waals surface area contributed by atoms with Crippen LogP contribution in [0.15, 0.2) is 34.8 Å². The number of nitrogens with zero attached hydrogens (tertiary/aromatic N) is 2. The smallest absolute Gasteiger partial charge is 0.255 e. The van der Waals surface area contributed by atoms with Crippen molar-refractivity contribution in [3.05, 3.63) is 51.5 Å². The first kappa shape index (κ1) is 27.3. The van der Waals surface area contributed by atoms with Crippen molar-refractivity contribution >= 4 is 17.5 Å². The standard InChI is InChI=1S/C28H35N3O8/c1-12-14-8-7-13(11-31-9-5-4-6-10-31)21(32)16(14)22(33)17-15(12)23(34)19-20(30(2)3)24(35)18(27(29)38)26(37)28(19,39)25(17)36/h7-8,12,15,19-20,23,32,34-36,39H,4-6,9-11H2,1-3H3,(H2,29,38)/t12-,15+,19+,20-,23-,28-/m0/s1. The lowest BCUT2D eigenvalue weighted by Crippen LogP contribution is -2.68. The molecule has 0 bridgehead atoms. The Morgan fingerprint density at radius 2 is 1.77 bits per heavy atom. The Hall–Kier alpha value is -3.25. The van der Waals surface area contributed by atoms with Gasteiger partial charge in [0.05, 0.1) is 23.6 Å². The minimum Gasteiger partial charge on any atom is -0.510 e. The fourth-order valence-electron chi connectivity index (χ4n) is 7.15. The van der Waals surface area contributed by atoms with E-state index in [1.54, 1.807) is 19.1 Å². The van der Waals surface area contributed by atoms with Crippen LogP contribution in [0.5, 0.6) is 5.75 Å². The maximum absolute atomic E-state index is 13.9. The molecule has 1 aliphatic heterocycles. The predicted molar refractivity (Wildman–Crippen MR) is 139 cm³/mol. The first-order chi connectivity index (χ1) is 18.3. The summed E-state index contributed by atoms with van der Waals surface area (Å²) in [6, 6.07) is 2.21. The zero-order valence-corrected chi connectivity index (χ0v) is 22.2. The van der Waals surface area contributed by atoms with E-state index in [2.05, 4.69) is 4.90 Å². The number of hydrogen-bond donors (Lipinski definition) is 6. The van der Waals surface area contributed by atoms with Crippen molar-refractivity contribution in [1.82, 2.24) is 9.80 Å². The molecule has 0 radical (unpaired) electrons. The second-order valence-electron chi connectivity index (χ2n) is 11.4. The molecule has 1 fully saturated rings. The van der Waals surface area contributed by atoms with Gasteiger partial charge < -0.3 is 31.3 Å². The van der Waals surface area contributed by atoms with Crippen molar-refractivity contribution in [3.63, 3.8) is 0 Å². The van der Waals surface area contributed by atoms with Crippen LogP contribution >= 0.6 is 0 Å². The molecule has 0 saturated carbocycles. The van der Waals surface area contributed by atoms with Crippen LogP contribution in [0.2, 0.25) is 0 Å². The van der Waals surface area contributed by atoms with E-state index in [0.29, 0.717) is 17.7 Å². The number of benzene rings is 1. The summed E-state index contributed by atoms with van der Waals surface area (Å²) in [4.78, 5) is 43.1. The zero-order chi connectivity index (χ0) is 28.5. The van der Waals surface area contributed by atoms with E-state index in [0.717, 1.165) is 32.4 Å². The Labute approximate surface area is 225 Å². The number of nitrogens with two attached hydrogens (primary N) is 1. The number of hydrogen-bond acceptors (Lipinski definition) is 10. The molecular weight excluding hydrogens is 506 g/mol. The lowest BCUT2D eigenvalue weighted by Gasteiger charge is -2.53. The number of phenolic OH excluding ortho intramolecular Hbond substituents is 1. The van der Waals surface area contributed by atoms with E-state index >= 15 is 0 Å². The van der Waals surface area contributed by atoms with Crippen LogP contribution in [-0.2, 0) is 16.1 Å². The normalized spacial score (nSPS) is 33.2. The van der Waals surface area contributed by atoms with E-state index in [9.17, 15) is 39.9 Å². The summed E-state index contributed by atoms with van der Waals surface area (Å²) in [5.74, 6) is -8.72. The Morgan fingerprint density at radius 1 is 1.13 bits per heavy atom. The Balaban J connectivity index is 1.68. The number of carbonyl (C=O) groups is 3. The maximum atomic E-state index is 13.9. The highest BCUT2D eigenvalue weighted by molar-refractivity contribution is 6.25. The zero-order valence-electron chi connectivity index (χ0n) is 22.2. The number of amides is 1. The van der Waals surface area contributed by atoms with Gasteiger partial charge in [0.2, 0.25) is 5.78 Å². The number of aliphatic hydroxyl groups excluding tert-OH is 3. The maximum Gasteiger partial charge on any atom is 0.255 e. The van der Waals surface area contributed by atoms with Gasteiger partial charge in [0, 0.05) is 23.6 Å². The van der Waals surface area contributed by atoms with Crippen molar-refractivity contribution in [2.45, 2.75) is 56.4 Å². The fraction of sp³-hybridized carbons (Fsp3) is 0.536. The first-order valence-corrected chi connectivity index (χ1v) is 13.2. The molecular formula is C28H35N3O8. The van der Waals surface area contributed by atoms with Crippen molar-refractivity contribution in [1.29, 1.82) is 0 Å². The summed E-state index contributed by atoms with van der Waals surface area (Å²) < 4.78 is 0. The molecule has 1 aromatic carbocycles. The summed E-state index contributed by atoms with van der Waals surface area (Å²) in [5, 5.41) is 57.0. The summed E-state index contributed by atoms with van der Waals surface area (Å²) in [5.41, 5.74) is 2.09. The SMILES string of the molecule is C[C@H]1c2ccc(CN3CCCCC3)c(O)c2C(=O)C2=C(O)[C@]3(O)C(=O)C(C(N)=O)=C(O)[C@@H](N(C)C)[C@@H]3[C@@H](O)[C@@H]21. The van der Waals surface area contributed by atoms with Gasteiger partial charge in [-0.2, -0.15) is 0 Å². The average molecular weight is 542 g/mol. The van der Waals surface area contributed by atoms with Crippen LogP contribution in [0.3, 0.4) is 0 Å². The number of piperidine rings is 1. The minimum absolute atomic E-state index is 0.0509. The topological polar surface area (TPSA) is 185 Å². The van der Waals surface area contributed by atoms with Gasteiger partial charge in [0.25, 0.3) is 5.91 Å². The highest BCUT2D eigenvalue weighted by Gasteiger charge is 2.67. The van der Waals surface area contributed by atoms with Gasteiger partial charge in [-0.25, -0.2) is 0 Å². The van der Waals surface area contributed by atoms with E-state index in [-0.39, 0.29) is 11.3 Å². The van der Waals surface area contributed by atoms with Crippen molar-refractivity contribution in [2.75, 3.05) is 27.2 Å². The number of likely N-dealkylation sites (N-methyl/N-ethyl adjacent to an activating group) is 1. The Kier molecular flexibility index (Phi) is 6.61. The van der Waals surface area contributed by atoms with Crippen LogP contribution in [0, 0.1) is 11.8 Å². The summed E-state index contributed by atoms with van der Waals surface area (Å²) in [6.07, 6.45) is 1.62. The van der Waals surface area contributed by atoms with Crippen LogP contribution in [0.4, 0.5) is 0 Å². The van der Waals surface area contributed by atoms with Crippen molar-refractivity contribution < 1.29 is 39.9 Å². The van der Waals surface area contributed by atoms with Crippen molar-refractivity contribution in [3.8, 4) is 5.75 Å². The fourth-order valence-corrected chi connectivity index (χ4v) is 7.15. The lowest BCUT2D eigenvalue weighted by molar-refractivity contribution is -0.162. The molecule has 1 saturated heterocycles. The van der Waals surface area contributed by atoms with Gasteiger partial charge >= 0.3 is 0 Å². The van der Waals surface area contributed by atoms with E-state index in [1.807, 2.05) is 0 Å². The molecule has 0 unspecified atom stereocenters. The number of phenols is 1. The van der Waals surface area contributed by atoms with Crippen LogP contribution in [0.25, 0.3) is 0 Å². The summed E-state index contributed by atoms with van der Waals surface area (Å²) in [6.45, 7) is 3.89. The molecule has 1 aromatic rings. The highest BCUT2D eigenvalue weighted by atomic mass is 16.4. The number of primary amides is 1. The number of likely N-dealkylation sites (tertiary alicyclic amines) is 1. The van der Waals surface area contributed by atoms with Gasteiger partial charge in [-0.1, -0.05) is 25.5 Å². The average Bonchev–Trinajstić information content (AvgIpc) is 2.87. The summed E-state index contributed by atoms with van der Waals surface area (Å²) >= 11 is 0. The van der Waals surface area contributed by atoms with Crippen LogP contribution < -0.4 is 5.73 Å².